The fourth-order valence-electron chi connectivity index (χ4n) is 1.31. The second-order valence-corrected chi connectivity index (χ2v) is 3.44. The molecular formula is C11H14N2O4. The minimum atomic E-state index is -0.678. The Morgan fingerprint density at radius 1 is 1.41 bits per heavy atom. The van der Waals surface area contributed by atoms with Crippen LogP contribution in [0.3, 0.4) is 0 Å². The lowest BCUT2D eigenvalue weighted by molar-refractivity contribution is -0.467. The predicted octanol–water partition coefficient (Wildman–Crippen LogP) is 0.631. The van der Waals surface area contributed by atoms with Crippen LogP contribution in [0.5, 0.6) is 5.75 Å². The number of amides is 1. The minimum Gasteiger partial charge on any atom is -0.497 e. The summed E-state index contributed by atoms with van der Waals surface area (Å²) >= 11 is 0. The largest absolute Gasteiger partial charge is 0.497 e. The number of hydrogen-bond acceptors (Lipinski definition) is 4. The maximum Gasteiger partial charge on any atom is 0.291 e. The van der Waals surface area contributed by atoms with Crippen LogP contribution >= 0.6 is 0 Å². The van der Waals surface area contributed by atoms with Gasteiger partial charge < -0.3 is 10.1 Å². The van der Waals surface area contributed by atoms with Crippen LogP contribution in [0.4, 0.5) is 0 Å². The Kier molecular flexibility index (Phi) is 4.93. The molecule has 0 unspecified atom stereocenters. The van der Waals surface area contributed by atoms with Crippen molar-refractivity contribution in [2.45, 2.75) is 6.42 Å². The number of benzene rings is 1. The number of nitro groups is 1. The van der Waals surface area contributed by atoms with E-state index in [4.69, 9.17) is 4.74 Å². The number of nitrogens with one attached hydrogen (secondary N) is 1. The lowest BCUT2D eigenvalue weighted by Gasteiger charge is -2.04. The zero-order chi connectivity index (χ0) is 12.7. The highest BCUT2D eigenvalue weighted by molar-refractivity contribution is 5.76. The summed E-state index contributed by atoms with van der Waals surface area (Å²) in [5.74, 6) is 0.203. The number of carbonyl (C=O) groups excluding carboxylic acids is 1. The predicted molar refractivity (Wildman–Crippen MR) is 61.6 cm³/mol. The van der Waals surface area contributed by atoms with Gasteiger partial charge in [-0.05, 0) is 24.1 Å². The van der Waals surface area contributed by atoms with Crippen LogP contribution in [-0.4, -0.2) is 31.0 Å². The van der Waals surface area contributed by atoms with Crippen molar-refractivity contribution in [3.05, 3.63) is 39.9 Å². The van der Waals surface area contributed by atoms with Gasteiger partial charge in [0.1, 0.15) is 5.75 Å². The molecule has 0 aromatic heterocycles. The summed E-state index contributed by atoms with van der Waals surface area (Å²) in [6, 6.07) is 7.43. The average Bonchev–Trinajstić information content (AvgIpc) is 2.29. The number of hydrogen-bond donors (Lipinski definition) is 1. The van der Waals surface area contributed by atoms with Gasteiger partial charge in [0.25, 0.3) is 12.5 Å². The summed E-state index contributed by atoms with van der Waals surface area (Å²) in [5, 5.41) is 12.5. The molecule has 0 saturated heterocycles. The number of nitrogens with zero attached hydrogens (tertiary/aromatic N) is 1. The van der Waals surface area contributed by atoms with E-state index in [1.807, 2.05) is 24.3 Å². The van der Waals surface area contributed by atoms with Gasteiger partial charge in [-0.3, -0.25) is 14.9 Å². The molecule has 0 aliphatic rings. The second kappa shape index (κ2) is 6.47. The van der Waals surface area contributed by atoms with Gasteiger partial charge in [0.05, 0.1) is 7.11 Å². The lowest BCUT2D eigenvalue weighted by Crippen LogP contribution is -2.31. The van der Waals surface area contributed by atoms with Gasteiger partial charge in [0.2, 0.25) is 0 Å². The van der Waals surface area contributed by atoms with Crippen molar-refractivity contribution in [3.63, 3.8) is 0 Å². The van der Waals surface area contributed by atoms with E-state index in [1.54, 1.807) is 7.11 Å². The van der Waals surface area contributed by atoms with E-state index >= 15 is 0 Å². The summed E-state index contributed by atoms with van der Waals surface area (Å²) in [5.41, 5.74) is 1.03. The molecule has 6 nitrogen and oxygen atoms in total. The molecule has 1 aromatic rings. The normalized spacial score (nSPS) is 9.71. The molecule has 1 N–H and O–H groups in total. The topological polar surface area (TPSA) is 81.5 Å². The first kappa shape index (κ1) is 13.0. The fourth-order valence-corrected chi connectivity index (χ4v) is 1.31. The standard InChI is InChI=1S/C11H14N2O4/c1-17-10-4-2-9(3-5-10)6-7-12-11(14)8-13(15)16/h2-5H,6-8H2,1H3,(H,12,14). The van der Waals surface area contributed by atoms with Gasteiger partial charge in [0, 0.05) is 11.5 Å². The van der Waals surface area contributed by atoms with E-state index in [2.05, 4.69) is 5.32 Å². The molecule has 0 aliphatic carbocycles. The van der Waals surface area contributed by atoms with E-state index in [1.165, 1.54) is 0 Å². The molecule has 1 aromatic carbocycles. The van der Waals surface area contributed by atoms with Crippen LogP contribution in [0.15, 0.2) is 24.3 Å². The van der Waals surface area contributed by atoms with Crippen molar-refractivity contribution in [1.82, 2.24) is 5.32 Å². The quantitative estimate of drug-likeness (QED) is 0.582. The van der Waals surface area contributed by atoms with Gasteiger partial charge >= 0.3 is 0 Å². The maximum atomic E-state index is 11.0. The first-order valence-electron chi connectivity index (χ1n) is 5.13. The first-order valence-corrected chi connectivity index (χ1v) is 5.13. The van der Waals surface area contributed by atoms with E-state index in [0.717, 1.165) is 11.3 Å². The van der Waals surface area contributed by atoms with Crippen LogP contribution in [0.2, 0.25) is 0 Å². The van der Waals surface area contributed by atoms with Crippen molar-refractivity contribution in [3.8, 4) is 5.75 Å². The van der Waals surface area contributed by atoms with Gasteiger partial charge in [-0.25, -0.2) is 0 Å². The Morgan fingerprint density at radius 3 is 2.59 bits per heavy atom. The fraction of sp³-hybridized carbons (Fsp3) is 0.364. The number of rotatable bonds is 6. The van der Waals surface area contributed by atoms with E-state index in [9.17, 15) is 14.9 Å². The van der Waals surface area contributed by atoms with E-state index in [0.29, 0.717) is 13.0 Å². The molecular weight excluding hydrogens is 224 g/mol. The Bertz CT molecular complexity index is 389. The van der Waals surface area contributed by atoms with Crippen LogP contribution in [0, 0.1) is 10.1 Å². The van der Waals surface area contributed by atoms with Crippen molar-refractivity contribution in [2.75, 3.05) is 20.2 Å². The summed E-state index contributed by atoms with van der Waals surface area (Å²) in [6.45, 7) is -0.290. The number of carbonyl (C=O) groups is 1. The van der Waals surface area contributed by atoms with Crippen molar-refractivity contribution in [2.24, 2.45) is 0 Å². The van der Waals surface area contributed by atoms with Gasteiger partial charge in [-0.1, -0.05) is 12.1 Å². The zero-order valence-corrected chi connectivity index (χ0v) is 9.51. The Balaban J connectivity index is 2.30. The van der Waals surface area contributed by atoms with Crippen LogP contribution in [-0.2, 0) is 11.2 Å². The third kappa shape index (κ3) is 4.96. The molecule has 0 radical (unpaired) electrons. The average molecular weight is 238 g/mol. The maximum absolute atomic E-state index is 11.0. The third-order valence-electron chi connectivity index (χ3n) is 2.17. The van der Waals surface area contributed by atoms with Crippen LogP contribution in [0.25, 0.3) is 0 Å². The van der Waals surface area contributed by atoms with Gasteiger partial charge in [-0.2, -0.15) is 0 Å². The zero-order valence-electron chi connectivity index (χ0n) is 9.51. The lowest BCUT2D eigenvalue weighted by atomic mass is 10.1. The highest BCUT2D eigenvalue weighted by Crippen LogP contribution is 2.11. The molecule has 0 saturated carbocycles. The first-order chi connectivity index (χ1) is 8.11. The SMILES string of the molecule is COc1ccc(CCNC(=O)C[N+](=O)[O-])cc1. The van der Waals surface area contributed by atoms with Crippen LogP contribution < -0.4 is 10.1 Å². The minimum absolute atomic E-state index is 0.388. The van der Waals surface area contributed by atoms with E-state index in [-0.39, 0.29) is 0 Å². The summed E-state index contributed by atoms with van der Waals surface area (Å²) in [7, 11) is 1.59. The highest BCUT2D eigenvalue weighted by atomic mass is 16.6. The summed E-state index contributed by atoms with van der Waals surface area (Å²) in [6.07, 6.45) is 0.632. The van der Waals surface area contributed by atoms with Crippen molar-refractivity contribution >= 4 is 5.91 Å². The Hall–Kier alpha value is -2.11. The number of methoxy groups -OCH3 is 1. The molecule has 17 heavy (non-hydrogen) atoms. The molecule has 0 bridgehead atoms. The molecule has 1 amide bonds. The molecule has 92 valence electrons. The highest BCUT2D eigenvalue weighted by Gasteiger charge is 2.07. The summed E-state index contributed by atoms with van der Waals surface area (Å²) in [4.78, 5) is 20.4. The van der Waals surface area contributed by atoms with Crippen LogP contribution in [0.1, 0.15) is 5.56 Å². The molecule has 0 spiro atoms. The molecule has 1 rings (SSSR count). The summed E-state index contributed by atoms with van der Waals surface area (Å²) < 4.78 is 5.01. The van der Waals surface area contributed by atoms with Gasteiger partial charge in [0.15, 0.2) is 0 Å². The van der Waals surface area contributed by atoms with Crippen molar-refractivity contribution in [1.29, 1.82) is 0 Å². The molecule has 0 atom stereocenters. The molecule has 0 fully saturated rings. The van der Waals surface area contributed by atoms with E-state index < -0.39 is 17.4 Å². The smallest absolute Gasteiger partial charge is 0.291 e. The number of ether oxygens (including phenoxy) is 1. The van der Waals surface area contributed by atoms with Crippen molar-refractivity contribution < 1.29 is 14.5 Å². The Morgan fingerprint density at radius 2 is 2.06 bits per heavy atom. The molecule has 0 aliphatic heterocycles. The molecule has 0 heterocycles. The second-order valence-electron chi connectivity index (χ2n) is 3.44. The molecule has 6 heteroatoms. The third-order valence-corrected chi connectivity index (χ3v) is 2.17. The Labute approximate surface area is 98.7 Å². The van der Waals surface area contributed by atoms with Gasteiger partial charge in [-0.15, -0.1) is 0 Å². The monoisotopic (exact) mass is 238 g/mol.